The number of hydrogen-bond acceptors (Lipinski definition) is 4. The molecule has 1 aliphatic rings. The van der Waals surface area contributed by atoms with Gasteiger partial charge in [-0.05, 0) is 56.7 Å². The number of nitrogens with two attached hydrogens (primary N) is 1. The van der Waals surface area contributed by atoms with Crippen LogP contribution in [0.4, 0.5) is 0 Å². The van der Waals surface area contributed by atoms with Crippen LogP contribution in [0.1, 0.15) is 50.2 Å². The number of carbonyl (C=O) groups is 3. The monoisotopic (exact) mass is 478 g/mol. The van der Waals surface area contributed by atoms with Crippen molar-refractivity contribution in [2.24, 2.45) is 5.73 Å². The molecule has 2 atom stereocenters. The smallest absolute Gasteiger partial charge is 0.245 e. The fraction of sp³-hybridized carbons (Fsp3) is 0.464. The summed E-state index contributed by atoms with van der Waals surface area (Å²) >= 11 is 0. The number of carbonyl (C=O) groups excluding carboxylic acids is 3. The Morgan fingerprint density at radius 2 is 1.66 bits per heavy atom. The summed E-state index contributed by atoms with van der Waals surface area (Å²) in [6.45, 7) is 3.24. The van der Waals surface area contributed by atoms with Gasteiger partial charge in [-0.2, -0.15) is 0 Å². The number of rotatable bonds is 12. The van der Waals surface area contributed by atoms with E-state index in [0.29, 0.717) is 45.3 Å². The fourth-order valence-corrected chi connectivity index (χ4v) is 4.61. The molecule has 0 spiro atoms. The fourth-order valence-electron chi connectivity index (χ4n) is 4.61. The first-order chi connectivity index (χ1) is 16.9. The third kappa shape index (κ3) is 7.65. The predicted octanol–water partition coefficient (Wildman–Crippen LogP) is 2.58. The number of nitrogens with zero attached hydrogens (tertiary/aromatic N) is 1. The molecule has 3 rings (SSSR count). The molecule has 1 aliphatic heterocycles. The SMILES string of the molecule is C[C@@](Cc1ccccc1)(NC(=O)[C@@H]1CCCN1C(=O)CCCc1ccccc1)C(=O)NCCCN. The summed E-state index contributed by atoms with van der Waals surface area (Å²) in [4.78, 5) is 41.2. The van der Waals surface area contributed by atoms with Crippen molar-refractivity contribution in [2.75, 3.05) is 19.6 Å². The summed E-state index contributed by atoms with van der Waals surface area (Å²) in [7, 11) is 0. The zero-order valence-electron chi connectivity index (χ0n) is 20.7. The van der Waals surface area contributed by atoms with Gasteiger partial charge in [-0.15, -0.1) is 0 Å². The first kappa shape index (κ1) is 26.4. The molecule has 35 heavy (non-hydrogen) atoms. The minimum atomic E-state index is -1.14. The van der Waals surface area contributed by atoms with Gasteiger partial charge in [0.2, 0.25) is 17.7 Å². The Morgan fingerprint density at radius 3 is 2.31 bits per heavy atom. The van der Waals surface area contributed by atoms with E-state index in [1.54, 1.807) is 11.8 Å². The quantitative estimate of drug-likeness (QED) is 0.408. The normalized spacial score (nSPS) is 17.0. The van der Waals surface area contributed by atoms with Crippen LogP contribution >= 0.6 is 0 Å². The summed E-state index contributed by atoms with van der Waals surface area (Å²) < 4.78 is 0. The summed E-state index contributed by atoms with van der Waals surface area (Å²) in [5.74, 6) is -0.524. The minimum Gasteiger partial charge on any atom is -0.354 e. The van der Waals surface area contributed by atoms with Crippen molar-refractivity contribution in [3.63, 3.8) is 0 Å². The van der Waals surface area contributed by atoms with E-state index in [1.807, 2.05) is 48.5 Å². The zero-order valence-corrected chi connectivity index (χ0v) is 20.7. The first-order valence-electron chi connectivity index (χ1n) is 12.6. The van der Waals surface area contributed by atoms with E-state index in [9.17, 15) is 14.4 Å². The van der Waals surface area contributed by atoms with Crippen LogP contribution < -0.4 is 16.4 Å². The average Bonchev–Trinajstić information content (AvgIpc) is 3.36. The molecule has 0 bridgehead atoms. The molecule has 0 aliphatic carbocycles. The van der Waals surface area contributed by atoms with Crippen molar-refractivity contribution in [3.8, 4) is 0 Å². The van der Waals surface area contributed by atoms with Crippen molar-refractivity contribution in [3.05, 3.63) is 71.8 Å². The maximum atomic E-state index is 13.4. The standard InChI is InChI=1S/C28H38N4O3/c1-28(27(35)30-19-10-18-29,21-23-13-6-3-7-14-23)31-26(34)24-16-9-20-32(24)25(33)17-8-15-22-11-4-2-5-12-22/h2-7,11-14,24H,8-10,15-21,29H2,1H3,(H,30,35)(H,31,34)/t24-,28-/m0/s1. The number of hydrogen-bond donors (Lipinski definition) is 3. The lowest BCUT2D eigenvalue weighted by molar-refractivity contribution is -0.141. The van der Waals surface area contributed by atoms with E-state index in [0.717, 1.165) is 24.8 Å². The lowest BCUT2D eigenvalue weighted by Crippen LogP contribution is -2.61. The van der Waals surface area contributed by atoms with E-state index < -0.39 is 11.6 Å². The first-order valence-corrected chi connectivity index (χ1v) is 12.6. The Morgan fingerprint density at radius 1 is 1.00 bits per heavy atom. The molecule has 4 N–H and O–H groups in total. The molecular formula is C28H38N4O3. The van der Waals surface area contributed by atoms with Crippen LogP contribution in [0.15, 0.2) is 60.7 Å². The van der Waals surface area contributed by atoms with Gasteiger partial charge in [0.1, 0.15) is 11.6 Å². The van der Waals surface area contributed by atoms with Crippen LogP contribution in [0, 0.1) is 0 Å². The van der Waals surface area contributed by atoms with E-state index in [-0.39, 0.29) is 17.7 Å². The molecule has 188 valence electrons. The van der Waals surface area contributed by atoms with Gasteiger partial charge in [-0.1, -0.05) is 60.7 Å². The van der Waals surface area contributed by atoms with Gasteiger partial charge < -0.3 is 21.3 Å². The highest BCUT2D eigenvalue weighted by atomic mass is 16.2. The van der Waals surface area contributed by atoms with Gasteiger partial charge in [0.15, 0.2) is 0 Å². The number of benzene rings is 2. The van der Waals surface area contributed by atoms with Gasteiger partial charge in [-0.25, -0.2) is 0 Å². The molecule has 3 amide bonds. The second kappa shape index (κ2) is 13.0. The van der Waals surface area contributed by atoms with Crippen LogP contribution in [0.3, 0.4) is 0 Å². The Labute approximate surface area is 208 Å². The number of likely N-dealkylation sites (tertiary alicyclic amines) is 1. The maximum Gasteiger partial charge on any atom is 0.245 e. The molecular weight excluding hydrogens is 440 g/mol. The highest BCUT2D eigenvalue weighted by Crippen LogP contribution is 2.22. The highest BCUT2D eigenvalue weighted by molar-refractivity contribution is 5.94. The molecule has 1 fully saturated rings. The molecule has 2 aromatic carbocycles. The van der Waals surface area contributed by atoms with Crippen LogP contribution in [0.2, 0.25) is 0 Å². The van der Waals surface area contributed by atoms with E-state index in [1.165, 1.54) is 5.56 Å². The number of nitrogens with one attached hydrogen (secondary N) is 2. The van der Waals surface area contributed by atoms with Crippen molar-refractivity contribution in [2.45, 2.75) is 63.5 Å². The van der Waals surface area contributed by atoms with Gasteiger partial charge in [-0.3, -0.25) is 14.4 Å². The van der Waals surface area contributed by atoms with Gasteiger partial charge in [0.25, 0.3) is 0 Å². The highest BCUT2D eigenvalue weighted by Gasteiger charge is 2.40. The molecule has 7 heteroatoms. The second-order valence-corrected chi connectivity index (χ2v) is 9.47. The zero-order chi connectivity index (χ0) is 25.1. The largest absolute Gasteiger partial charge is 0.354 e. The summed E-state index contributed by atoms with van der Waals surface area (Å²) in [6, 6.07) is 19.2. The van der Waals surface area contributed by atoms with Crippen molar-refractivity contribution < 1.29 is 14.4 Å². The lowest BCUT2D eigenvalue weighted by Gasteiger charge is -2.33. The second-order valence-electron chi connectivity index (χ2n) is 9.47. The molecule has 0 aromatic heterocycles. The Balaban J connectivity index is 1.64. The summed E-state index contributed by atoms with van der Waals surface area (Å²) in [5.41, 5.74) is 6.57. The van der Waals surface area contributed by atoms with Crippen LogP contribution in [-0.4, -0.2) is 53.8 Å². The average molecular weight is 479 g/mol. The molecule has 0 saturated carbocycles. The Hall–Kier alpha value is -3.19. The predicted molar refractivity (Wildman–Crippen MR) is 137 cm³/mol. The topological polar surface area (TPSA) is 105 Å². The third-order valence-corrected chi connectivity index (χ3v) is 6.54. The summed E-state index contributed by atoms with van der Waals surface area (Å²) in [6.07, 6.45) is 4.37. The van der Waals surface area contributed by atoms with Crippen molar-refractivity contribution >= 4 is 17.7 Å². The number of amides is 3. The van der Waals surface area contributed by atoms with Gasteiger partial charge in [0.05, 0.1) is 0 Å². The molecule has 1 saturated heterocycles. The van der Waals surface area contributed by atoms with Crippen molar-refractivity contribution in [1.29, 1.82) is 0 Å². The van der Waals surface area contributed by atoms with Gasteiger partial charge >= 0.3 is 0 Å². The Kier molecular flexibility index (Phi) is 9.85. The molecule has 0 radical (unpaired) electrons. The maximum absolute atomic E-state index is 13.4. The van der Waals surface area contributed by atoms with Crippen molar-refractivity contribution in [1.82, 2.24) is 15.5 Å². The molecule has 2 aromatic rings. The van der Waals surface area contributed by atoms with E-state index >= 15 is 0 Å². The lowest BCUT2D eigenvalue weighted by atomic mass is 9.91. The number of aryl methyl sites for hydroxylation is 1. The molecule has 1 heterocycles. The molecule has 0 unspecified atom stereocenters. The van der Waals surface area contributed by atoms with E-state index in [4.69, 9.17) is 5.73 Å². The van der Waals surface area contributed by atoms with Crippen LogP contribution in [0.5, 0.6) is 0 Å². The minimum absolute atomic E-state index is 0.00394. The van der Waals surface area contributed by atoms with Crippen LogP contribution in [0.25, 0.3) is 0 Å². The van der Waals surface area contributed by atoms with Gasteiger partial charge in [0, 0.05) is 25.9 Å². The summed E-state index contributed by atoms with van der Waals surface area (Å²) in [5, 5.41) is 5.90. The van der Waals surface area contributed by atoms with E-state index in [2.05, 4.69) is 22.8 Å². The molecule has 7 nitrogen and oxygen atoms in total. The third-order valence-electron chi connectivity index (χ3n) is 6.54. The van der Waals surface area contributed by atoms with Crippen LogP contribution in [-0.2, 0) is 27.2 Å². The Bertz CT molecular complexity index is 967.